The predicted octanol–water partition coefficient (Wildman–Crippen LogP) is 1.16. The molecule has 1 rings (SSSR count). The van der Waals surface area contributed by atoms with Crippen molar-refractivity contribution in [2.75, 3.05) is 17.7 Å². The molecular weight excluding hydrogens is 178 g/mol. The predicted molar refractivity (Wildman–Crippen MR) is 58.2 cm³/mol. The topological polar surface area (TPSA) is 71.2 Å². The molecule has 1 aromatic rings. The average molecular weight is 195 g/mol. The lowest BCUT2D eigenvalue weighted by Gasteiger charge is -2.24. The number of nitrogens with one attached hydrogen (secondary N) is 1. The molecule has 0 aromatic carbocycles. The monoisotopic (exact) mass is 195 g/mol. The molecule has 4 heteroatoms. The summed E-state index contributed by atoms with van der Waals surface area (Å²) in [5, 5.41) is 12.2. The molecule has 4 nitrogen and oxygen atoms in total. The van der Waals surface area contributed by atoms with Crippen molar-refractivity contribution >= 4 is 11.5 Å². The van der Waals surface area contributed by atoms with Crippen molar-refractivity contribution in [3.05, 3.63) is 17.8 Å². The summed E-state index contributed by atoms with van der Waals surface area (Å²) in [5.41, 5.74) is 6.94. The van der Waals surface area contributed by atoms with Gasteiger partial charge in [0.1, 0.15) is 5.82 Å². The molecule has 0 unspecified atom stereocenters. The van der Waals surface area contributed by atoms with Gasteiger partial charge in [-0.3, -0.25) is 0 Å². The third-order valence-corrected chi connectivity index (χ3v) is 2.01. The Hall–Kier alpha value is -1.29. The van der Waals surface area contributed by atoms with Gasteiger partial charge < -0.3 is 16.2 Å². The molecule has 0 aliphatic carbocycles. The number of aliphatic hydroxyl groups excluding tert-OH is 1. The highest BCUT2D eigenvalue weighted by molar-refractivity contribution is 5.51. The van der Waals surface area contributed by atoms with E-state index in [1.807, 2.05) is 26.8 Å². The van der Waals surface area contributed by atoms with Crippen LogP contribution in [0.5, 0.6) is 0 Å². The van der Waals surface area contributed by atoms with Crippen molar-refractivity contribution in [2.24, 2.45) is 0 Å². The van der Waals surface area contributed by atoms with Crippen LogP contribution < -0.4 is 11.1 Å². The summed E-state index contributed by atoms with van der Waals surface area (Å²) in [5.74, 6) is 0.732. The number of nitrogen functional groups attached to an aromatic ring is 1. The molecule has 0 spiro atoms. The van der Waals surface area contributed by atoms with Crippen LogP contribution in [0.25, 0.3) is 0 Å². The van der Waals surface area contributed by atoms with Crippen LogP contribution in [-0.2, 0) is 0 Å². The molecule has 0 saturated heterocycles. The van der Waals surface area contributed by atoms with Crippen molar-refractivity contribution in [1.29, 1.82) is 0 Å². The van der Waals surface area contributed by atoms with Gasteiger partial charge in [0.2, 0.25) is 0 Å². The van der Waals surface area contributed by atoms with E-state index in [9.17, 15) is 0 Å². The van der Waals surface area contributed by atoms with Gasteiger partial charge >= 0.3 is 0 Å². The Morgan fingerprint density at radius 2 is 2.21 bits per heavy atom. The van der Waals surface area contributed by atoms with Gasteiger partial charge in [0.15, 0.2) is 0 Å². The summed E-state index contributed by atoms with van der Waals surface area (Å²) < 4.78 is 0. The number of pyridine rings is 1. The summed E-state index contributed by atoms with van der Waals surface area (Å²) in [6, 6.07) is 1.87. The summed E-state index contributed by atoms with van der Waals surface area (Å²) in [4.78, 5) is 4.13. The quantitative estimate of drug-likeness (QED) is 0.676. The summed E-state index contributed by atoms with van der Waals surface area (Å²) >= 11 is 0. The molecule has 0 radical (unpaired) electrons. The molecule has 14 heavy (non-hydrogen) atoms. The fourth-order valence-electron chi connectivity index (χ4n) is 1.02. The van der Waals surface area contributed by atoms with Crippen molar-refractivity contribution in [1.82, 2.24) is 4.98 Å². The maximum Gasteiger partial charge on any atom is 0.126 e. The van der Waals surface area contributed by atoms with Gasteiger partial charge in [-0.2, -0.15) is 0 Å². The van der Waals surface area contributed by atoms with E-state index in [-0.39, 0.29) is 12.1 Å². The zero-order valence-corrected chi connectivity index (χ0v) is 8.83. The highest BCUT2D eigenvalue weighted by atomic mass is 16.3. The van der Waals surface area contributed by atoms with E-state index < -0.39 is 0 Å². The van der Waals surface area contributed by atoms with Gasteiger partial charge in [0.25, 0.3) is 0 Å². The van der Waals surface area contributed by atoms with Crippen molar-refractivity contribution in [3.63, 3.8) is 0 Å². The third kappa shape index (κ3) is 2.60. The molecule has 0 atom stereocenters. The van der Waals surface area contributed by atoms with Crippen LogP contribution in [0.2, 0.25) is 0 Å². The van der Waals surface area contributed by atoms with Crippen LogP contribution in [-0.4, -0.2) is 22.2 Å². The Kier molecular flexibility index (Phi) is 2.96. The molecule has 4 N–H and O–H groups in total. The molecule has 0 aliphatic rings. The van der Waals surface area contributed by atoms with Crippen LogP contribution in [0.3, 0.4) is 0 Å². The number of aromatic nitrogens is 1. The lowest BCUT2D eigenvalue weighted by molar-refractivity contribution is 0.234. The first kappa shape index (κ1) is 10.8. The largest absolute Gasteiger partial charge is 0.397 e. The van der Waals surface area contributed by atoms with Gasteiger partial charge in [0, 0.05) is 0 Å². The molecule has 0 aliphatic heterocycles. The second-order valence-electron chi connectivity index (χ2n) is 4.09. The molecule has 0 saturated carbocycles. The van der Waals surface area contributed by atoms with Gasteiger partial charge in [-0.25, -0.2) is 4.98 Å². The van der Waals surface area contributed by atoms with Gasteiger partial charge in [0.05, 0.1) is 24.0 Å². The van der Waals surface area contributed by atoms with Crippen LogP contribution >= 0.6 is 0 Å². The standard InChI is InChI=1S/C10H17N3O/c1-7-4-9(12-5-8(7)11)13-10(2,3)6-14/h4-5,14H,6,11H2,1-3H3,(H,12,13). The second kappa shape index (κ2) is 3.84. The van der Waals surface area contributed by atoms with Crippen LogP contribution in [0.15, 0.2) is 12.3 Å². The van der Waals surface area contributed by atoms with E-state index in [4.69, 9.17) is 10.8 Å². The fourth-order valence-corrected chi connectivity index (χ4v) is 1.02. The lowest BCUT2D eigenvalue weighted by atomic mass is 10.1. The number of hydrogen-bond donors (Lipinski definition) is 3. The van der Waals surface area contributed by atoms with E-state index >= 15 is 0 Å². The molecule has 0 bridgehead atoms. The van der Waals surface area contributed by atoms with Crippen molar-refractivity contribution in [3.8, 4) is 0 Å². The maximum atomic E-state index is 9.06. The van der Waals surface area contributed by atoms with E-state index in [1.54, 1.807) is 6.20 Å². The lowest BCUT2D eigenvalue weighted by Crippen LogP contribution is -2.35. The van der Waals surface area contributed by atoms with E-state index in [0.29, 0.717) is 5.69 Å². The molecular formula is C10H17N3O. The molecule has 1 heterocycles. The summed E-state index contributed by atoms with van der Waals surface area (Å²) in [6.45, 7) is 5.78. The van der Waals surface area contributed by atoms with Crippen LogP contribution in [0, 0.1) is 6.92 Å². The minimum atomic E-state index is -0.366. The van der Waals surface area contributed by atoms with Gasteiger partial charge in [-0.05, 0) is 32.4 Å². The SMILES string of the molecule is Cc1cc(NC(C)(C)CO)ncc1N. The number of nitrogens with two attached hydrogens (primary N) is 1. The maximum absolute atomic E-state index is 9.06. The number of aliphatic hydroxyl groups is 1. The first-order chi connectivity index (χ1) is 6.44. The second-order valence-corrected chi connectivity index (χ2v) is 4.09. The number of nitrogens with zero attached hydrogens (tertiary/aromatic N) is 1. The molecule has 78 valence electrons. The summed E-state index contributed by atoms with van der Waals surface area (Å²) in [6.07, 6.45) is 1.62. The normalized spacial score (nSPS) is 11.4. The van der Waals surface area contributed by atoms with Crippen molar-refractivity contribution in [2.45, 2.75) is 26.3 Å². The Morgan fingerprint density at radius 3 is 2.71 bits per heavy atom. The number of hydrogen-bond acceptors (Lipinski definition) is 4. The fraction of sp³-hybridized carbons (Fsp3) is 0.500. The Balaban J connectivity index is 2.83. The smallest absolute Gasteiger partial charge is 0.126 e. The van der Waals surface area contributed by atoms with Crippen LogP contribution in [0.1, 0.15) is 19.4 Å². The van der Waals surface area contributed by atoms with Gasteiger partial charge in [-0.1, -0.05) is 0 Å². The number of anilines is 2. The molecule has 1 aromatic heterocycles. The third-order valence-electron chi connectivity index (χ3n) is 2.01. The zero-order chi connectivity index (χ0) is 10.8. The van der Waals surface area contributed by atoms with E-state index in [1.165, 1.54) is 0 Å². The highest BCUT2D eigenvalue weighted by Crippen LogP contribution is 2.16. The minimum Gasteiger partial charge on any atom is -0.397 e. The first-order valence-electron chi connectivity index (χ1n) is 4.56. The summed E-state index contributed by atoms with van der Waals surface area (Å²) in [7, 11) is 0. The Morgan fingerprint density at radius 1 is 1.57 bits per heavy atom. The van der Waals surface area contributed by atoms with E-state index in [2.05, 4.69) is 10.3 Å². The van der Waals surface area contributed by atoms with Gasteiger partial charge in [-0.15, -0.1) is 0 Å². The molecule has 0 amide bonds. The Bertz CT molecular complexity index is 323. The number of rotatable bonds is 3. The molecule has 0 fully saturated rings. The van der Waals surface area contributed by atoms with Crippen molar-refractivity contribution < 1.29 is 5.11 Å². The van der Waals surface area contributed by atoms with E-state index in [0.717, 1.165) is 11.4 Å². The zero-order valence-electron chi connectivity index (χ0n) is 8.83. The van der Waals surface area contributed by atoms with Crippen LogP contribution in [0.4, 0.5) is 11.5 Å². The minimum absolute atomic E-state index is 0.0537. The average Bonchev–Trinajstić information content (AvgIpc) is 2.11. The number of aryl methyl sites for hydroxylation is 1. The Labute approximate surface area is 84.2 Å². The highest BCUT2D eigenvalue weighted by Gasteiger charge is 2.16. The first-order valence-corrected chi connectivity index (χ1v) is 4.56.